The number of nitrogens with zero attached hydrogens (tertiary/aromatic N) is 2. The number of aromatic nitrogens is 2. The normalized spacial score (nSPS) is 20.1. The summed E-state index contributed by atoms with van der Waals surface area (Å²) in [6, 6.07) is 12.4. The fourth-order valence-corrected chi connectivity index (χ4v) is 4.38. The summed E-state index contributed by atoms with van der Waals surface area (Å²) in [6.45, 7) is 1.34. The van der Waals surface area contributed by atoms with Gasteiger partial charge >= 0.3 is 0 Å². The van der Waals surface area contributed by atoms with E-state index in [2.05, 4.69) is 38.8 Å². The van der Waals surface area contributed by atoms with Crippen LogP contribution in [0.15, 0.2) is 42.6 Å². The summed E-state index contributed by atoms with van der Waals surface area (Å²) in [5.41, 5.74) is 3.13. The molecular formula is C25H28N4O4. The first kappa shape index (κ1) is 21.6. The van der Waals surface area contributed by atoms with E-state index in [1.165, 1.54) is 5.56 Å². The third kappa shape index (κ3) is 5.07. The number of rotatable bonds is 7. The summed E-state index contributed by atoms with van der Waals surface area (Å²) in [7, 11) is 1.67. The molecule has 0 spiro atoms. The summed E-state index contributed by atoms with van der Waals surface area (Å²) in [4.78, 5) is 20.5. The van der Waals surface area contributed by atoms with E-state index in [-0.39, 0.29) is 24.7 Å². The van der Waals surface area contributed by atoms with Crippen molar-refractivity contribution in [1.82, 2.24) is 15.3 Å². The van der Waals surface area contributed by atoms with Crippen LogP contribution in [0.1, 0.15) is 30.5 Å². The van der Waals surface area contributed by atoms with E-state index < -0.39 is 0 Å². The number of aryl methyl sites for hydroxylation is 1. The van der Waals surface area contributed by atoms with E-state index in [4.69, 9.17) is 14.2 Å². The van der Waals surface area contributed by atoms with Gasteiger partial charge < -0.3 is 24.8 Å². The molecule has 1 amide bonds. The second-order valence-corrected chi connectivity index (χ2v) is 8.49. The predicted octanol–water partition coefficient (Wildman–Crippen LogP) is 3.24. The van der Waals surface area contributed by atoms with E-state index in [0.29, 0.717) is 24.7 Å². The summed E-state index contributed by atoms with van der Waals surface area (Å²) in [5, 5.41) is 7.42. The second-order valence-electron chi connectivity index (χ2n) is 8.49. The van der Waals surface area contributed by atoms with Gasteiger partial charge in [0.05, 0.1) is 37.2 Å². The average molecular weight is 449 g/mol. The van der Waals surface area contributed by atoms with Crippen LogP contribution in [0.3, 0.4) is 0 Å². The largest absolute Gasteiger partial charge is 0.495 e. The van der Waals surface area contributed by atoms with Gasteiger partial charge in [0.2, 0.25) is 0 Å². The Hall–Kier alpha value is -3.23. The molecule has 2 N–H and O–H groups in total. The lowest BCUT2D eigenvalue weighted by Crippen LogP contribution is -2.39. The van der Waals surface area contributed by atoms with Gasteiger partial charge in [-0.3, -0.25) is 9.78 Å². The maximum Gasteiger partial charge on any atom is 0.263 e. The maximum absolute atomic E-state index is 11.5. The molecule has 0 saturated carbocycles. The Morgan fingerprint density at radius 2 is 2.18 bits per heavy atom. The minimum atomic E-state index is -0.175. The van der Waals surface area contributed by atoms with Crippen molar-refractivity contribution in [3.63, 3.8) is 0 Å². The summed E-state index contributed by atoms with van der Waals surface area (Å²) < 4.78 is 16.9. The monoisotopic (exact) mass is 448 g/mol. The molecule has 2 aliphatic heterocycles. The fourth-order valence-electron chi connectivity index (χ4n) is 4.38. The Bertz CT molecular complexity index is 1140. The van der Waals surface area contributed by atoms with Crippen molar-refractivity contribution in [2.75, 3.05) is 25.6 Å². The summed E-state index contributed by atoms with van der Waals surface area (Å²) >= 11 is 0. The lowest BCUT2D eigenvalue weighted by molar-refractivity contribution is -0.118. The van der Waals surface area contributed by atoms with Crippen LogP contribution >= 0.6 is 0 Å². The SMILES string of the molecule is COc1cnc2cccc(CC[C@@H]3CC[C@@H](NCc4ccc5c(n4)NC(=O)CO5)CO3)c2c1. The molecule has 0 aliphatic carbocycles. The molecule has 4 heterocycles. The third-order valence-electron chi connectivity index (χ3n) is 6.24. The van der Waals surface area contributed by atoms with Crippen LogP contribution < -0.4 is 20.1 Å². The number of nitrogens with one attached hydrogen (secondary N) is 2. The van der Waals surface area contributed by atoms with Crippen LogP contribution in [0.2, 0.25) is 0 Å². The Kier molecular flexibility index (Phi) is 6.37. The van der Waals surface area contributed by atoms with Gasteiger partial charge in [-0.25, -0.2) is 4.98 Å². The zero-order valence-electron chi connectivity index (χ0n) is 18.7. The molecule has 1 aromatic carbocycles. The maximum atomic E-state index is 11.5. The van der Waals surface area contributed by atoms with Crippen LogP contribution in [0, 0.1) is 0 Å². The molecule has 8 heteroatoms. The molecular weight excluding hydrogens is 420 g/mol. The number of anilines is 1. The highest BCUT2D eigenvalue weighted by Crippen LogP contribution is 2.27. The number of pyridine rings is 2. The third-order valence-corrected chi connectivity index (χ3v) is 6.24. The first-order valence-corrected chi connectivity index (χ1v) is 11.4. The van der Waals surface area contributed by atoms with E-state index in [0.717, 1.165) is 48.0 Å². The predicted molar refractivity (Wildman–Crippen MR) is 125 cm³/mol. The summed E-state index contributed by atoms with van der Waals surface area (Å²) in [6.07, 6.45) is 6.02. The molecule has 0 unspecified atom stereocenters. The molecule has 8 nitrogen and oxygen atoms in total. The number of carbonyl (C=O) groups excluding carboxylic acids is 1. The fraction of sp³-hybridized carbons (Fsp3) is 0.400. The number of fused-ring (bicyclic) bond motifs is 2. The van der Waals surface area contributed by atoms with Gasteiger partial charge in [0, 0.05) is 18.0 Å². The van der Waals surface area contributed by atoms with Gasteiger partial charge in [-0.15, -0.1) is 0 Å². The standard InChI is InChI=1S/C25H28N4O4/c1-31-20-11-21-16(3-2-4-22(21)27-13-20)5-8-19-9-6-18(14-32-19)26-12-17-7-10-23-25(28-17)29-24(30)15-33-23/h2-4,7,10-11,13,18-19,26H,5-6,8-9,12,14-15H2,1H3,(H,28,29,30)/t18-,19-/m1/s1. The first-order valence-electron chi connectivity index (χ1n) is 11.4. The van der Waals surface area contributed by atoms with Crippen molar-refractivity contribution in [3.05, 3.63) is 53.9 Å². The van der Waals surface area contributed by atoms with Crippen LogP contribution in [-0.2, 0) is 22.5 Å². The number of ether oxygens (including phenoxy) is 3. The molecule has 2 aromatic heterocycles. The second kappa shape index (κ2) is 9.72. The average Bonchev–Trinajstić information content (AvgIpc) is 2.86. The number of benzene rings is 1. The highest BCUT2D eigenvalue weighted by atomic mass is 16.5. The van der Waals surface area contributed by atoms with Crippen molar-refractivity contribution in [1.29, 1.82) is 0 Å². The Morgan fingerprint density at radius 1 is 1.24 bits per heavy atom. The topological polar surface area (TPSA) is 94.6 Å². The molecule has 3 aromatic rings. The Balaban J connectivity index is 1.11. The first-order chi connectivity index (χ1) is 16.2. The van der Waals surface area contributed by atoms with Gasteiger partial charge in [0.15, 0.2) is 18.2 Å². The Labute approximate surface area is 192 Å². The molecule has 2 atom stereocenters. The van der Waals surface area contributed by atoms with E-state index in [9.17, 15) is 4.79 Å². The Morgan fingerprint density at radius 3 is 3.03 bits per heavy atom. The zero-order chi connectivity index (χ0) is 22.6. The van der Waals surface area contributed by atoms with Crippen molar-refractivity contribution in [2.24, 2.45) is 0 Å². The lowest BCUT2D eigenvalue weighted by Gasteiger charge is -2.30. The molecule has 172 valence electrons. The van der Waals surface area contributed by atoms with Crippen molar-refractivity contribution >= 4 is 22.6 Å². The van der Waals surface area contributed by atoms with Crippen LogP contribution in [-0.4, -0.2) is 48.3 Å². The minimum absolute atomic E-state index is 0.0401. The summed E-state index contributed by atoms with van der Waals surface area (Å²) in [5.74, 6) is 1.71. The molecule has 0 bridgehead atoms. The van der Waals surface area contributed by atoms with E-state index in [1.54, 1.807) is 13.3 Å². The van der Waals surface area contributed by atoms with Crippen molar-refractivity contribution in [3.8, 4) is 11.5 Å². The molecule has 1 saturated heterocycles. The number of methoxy groups -OCH3 is 1. The molecule has 0 radical (unpaired) electrons. The van der Waals surface area contributed by atoms with Crippen LogP contribution in [0.5, 0.6) is 11.5 Å². The number of carbonyl (C=O) groups is 1. The molecule has 1 fully saturated rings. The van der Waals surface area contributed by atoms with Gasteiger partial charge in [-0.1, -0.05) is 12.1 Å². The van der Waals surface area contributed by atoms with Crippen molar-refractivity contribution < 1.29 is 19.0 Å². The van der Waals surface area contributed by atoms with Gasteiger partial charge in [0.25, 0.3) is 5.91 Å². The molecule has 33 heavy (non-hydrogen) atoms. The van der Waals surface area contributed by atoms with Gasteiger partial charge in [0.1, 0.15) is 5.75 Å². The van der Waals surface area contributed by atoms with Crippen LogP contribution in [0.25, 0.3) is 10.9 Å². The highest BCUT2D eigenvalue weighted by molar-refractivity contribution is 5.94. The highest BCUT2D eigenvalue weighted by Gasteiger charge is 2.22. The van der Waals surface area contributed by atoms with E-state index >= 15 is 0 Å². The van der Waals surface area contributed by atoms with Crippen LogP contribution in [0.4, 0.5) is 5.82 Å². The van der Waals surface area contributed by atoms with Gasteiger partial charge in [-0.2, -0.15) is 0 Å². The molecule has 2 aliphatic rings. The lowest BCUT2D eigenvalue weighted by atomic mass is 9.97. The van der Waals surface area contributed by atoms with Crippen molar-refractivity contribution in [2.45, 2.75) is 44.4 Å². The number of hydrogen-bond acceptors (Lipinski definition) is 7. The van der Waals surface area contributed by atoms with E-state index in [1.807, 2.05) is 18.2 Å². The van der Waals surface area contributed by atoms with Gasteiger partial charge in [-0.05, 0) is 55.5 Å². The quantitative estimate of drug-likeness (QED) is 0.573. The smallest absolute Gasteiger partial charge is 0.263 e. The molecule has 5 rings (SSSR count). The number of amides is 1. The minimum Gasteiger partial charge on any atom is -0.495 e. The zero-order valence-corrected chi connectivity index (χ0v) is 18.7. The number of hydrogen-bond donors (Lipinski definition) is 2.